The normalized spacial score (nSPS) is 10.4. The quantitative estimate of drug-likeness (QED) is 0.685. The van der Waals surface area contributed by atoms with Crippen molar-refractivity contribution in [1.82, 2.24) is 4.98 Å². The van der Waals surface area contributed by atoms with Gasteiger partial charge in [-0.1, -0.05) is 18.2 Å². The first-order valence-electron chi connectivity index (χ1n) is 5.56. The van der Waals surface area contributed by atoms with E-state index in [1.165, 1.54) is 12.1 Å². The zero-order valence-electron chi connectivity index (χ0n) is 9.44. The zero-order chi connectivity index (χ0) is 12.5. The third-order valence-corrected chi connectivity index (χ3v) is 2.95. The summed E-state index contributed by atoms with van der Waals surface area (Å²) in [4.78, 5) is 3.21. The van der Waals surface area contributed by atoms with E-state index in [2.05, 4.69) is 11.1 Å². The molecule has 3 rings (SSSR count). The fraction of sp³-hybridized carbons (Fsp3) is 0. The number of nitrogens with zero attached hydrogens (tertiary/aromatic N) is 1. The van der Waals surface area contributed by atoms with E-state index in [1.807, 2.05) is 24.3 Å². The van der Waals surface area contributed by atoms with E-state index >= 15 is 0 Å². The van der Waals surface area contributed by atoms with Gasteiger partial charge in [0.2, 0.25) is 0 Å². The van der Waals surface area contributed by atoms with Crippen LogP contribution >= 0.6 is 0 Å². The van der Waals surface area contributed by atoms with E-state index in [4.69, 9.17) is 0 Å². The Labute approximate surface area is 103 Å². The molecule has 0 aliphatic carbocycles. The van der Waals surface area contributed by atoms with Crippen molar-refractivity contribution in [3.8, 4) is 17.3 Å². The predicted molar refractivity (Wildman–Crippen MR) is 68.4 cm³/mol. The predicted octanol–water partition coefficient (Wildman–Crippen LogP) is 3.85. The molecule has 1 aromatic heterocycles. The summed E-state index contributed by atoms with van der Waals surface area (Å²) in [5, 5.41) is 10.2. The van der Waals surface area contributed by atoms with Crippen LogP contribution in [0.5, 0.6) is 0 Å². The summed E-state index contributed by atoms with van der Waals surface area (Å²) in [6.45, 7) is 0. The highest BCUT2D eigenvalue weighted by Gasteiger charge is 2.12. The number of para-hydroxylation sites is 1. The molecule has 18 heavy (non-hydrogen) atoms. The molecule has 0 radical (unpaired) electrons. The lowest BCUT2D eigenvalue weighted by molar-refractivity contribution is 0.628. The average molecular weight is 236 g/mol. The Bertz CT molecular complexity index is 748. The second-order valence-corrected chi connectivity index (χ2v) is 4.04. The first-order chi connectivity index (χ1) is 8.79. The van der Waals surface area contributed by atoms with Gasteiger partial charge in [0.15, 0.2) is 0 Å². The third kappa shape index (κ3) is 1.56. The molecule has 86 valence electrons. The van der Waals surface area contributed by atoms with E-state index in [0.29, 0.717) is 5.56 Å². The van der Waals surface area contributed by atoms with Gasteiger partial charge in [-0.25, -0.2) is 4.39 Å². The number of fused-ring (bicyclic) bond motifs is 1. The van der Waals surface area contributed by atoms with Crippen LogP contribution in [-0.2, 0) is 0 Å². The van der Waals surface area contributed by atoms with E-state index in [-0.39, 0.29) is 5.82 Å². The Morgan fingerprint density at radius 1 is 1.00 bits per heavy atom. The monoisotopic (exact) mass is 236 g/mol. The molecule has 3 aromatic rings. The highest BCUT2D eigenvalue weighted by Crippen LogP contribution is 2.29. The smallest absolute Gasteiger partial charge is 0.123 e. The van der Waals surface area contributed by atoms with Crippen LogP contribution in [0.4, 0.5) is 4.39 Å². The second-order valence-electron chi connectivity index (χ2n) is 4.04. The zero-order valence-corrected chi connectivity index (χ0v) is 9.44. The molecular formula is C15H9FN2. The summed E-state index contributed by atoms with van der Waals surface area (Å²) in [7, 11) is 0. The molecule has 0 saturated heterocycles. The lowest BCUT2D eigenvalue weighted by Crippen LogP contribution is -1.82. The average Bonchev–Trinajstić information content (AvgIpc) is 2.78. The molecule has 0 atom stereocenters. The molecular weight excluding hydrogens is 227 g/mol. The summed E-state index contributed by atoms with van der Waals surface area (Å²) in [5.41, 5.74) is 3.05. The number of hydrogen-bond acceptors (Lipinski definition) is 1. The van der Waals surface area contributed by atoms with Crippen molar-refractivity contribution in [2.75, 3.05) is 0 Å². The van der Waals surface area contributed by atoms with E-state index in [0.717, 1.165) is 22.2 Å². The van der Waals surface area contributed by atoms with Crippen LogP contribution in [0.1, 0.15) is 5.56 Å². The molecule has 2 nitrogen and oxygen atoms in total. The number of H-pyrrole nitrogens is 1. The molecule has 2 aromatic carbocycles. The van der Waals surface area contributed by atoms with Crippen molar-refractivity contribution in [3.63, 3.8) is 0 Å². The standard InChI is InChI=1S/C15H9FN2/c16-11-7-5-10(6-8-11)15-13(9-17)12-3-1-2-4-14(12)18-15/h1-8,18H. The summed E-state index contributed by atoms with van der Waals surface area (Å²) >= 11 is 0. The van der Waals surface area contributed by atoms with Gasteiger partial charge in [0.25, 0.3) is 0 Å². The molecule has 0 bridgehead atoms. The van der Waals surface area contributed by atoms with Gasteiger partial charge in [-0.05, 0) is 35.9 Å². The van der Waals surface area contributed by atoms with Crippen molar-refractivity contribution in [3.05, 3.63) is 59.9 Å². The lowest BCUT2D eigenvalue weighted by Gasteiger charge is -1.98. The molecule has 0 amide bonds. The maximum Gasteiger partial charge on any atom is 0.123 e. The van der Waals surface area contributed by atoms with Crippen molar-refractivity contribution in [2.24, 2.45) is 0 Å². The summed E-state index contributed by atoms with van der Waals surface area (Å²) in [6, 6.07) is 15.9. The van der Waals surface area contributed by atoms with Gasteiger partial charge in [-0.15, -0.1) is 0 Å². The molecule has 0 saturated carbocycles. The van der Waals surface area contributed by atoms with Gasteiger partial charge < -0.3 is 4.98 Å². The second kappa shape index (κ2) is 4.01. The molecule has 0 spiro atoms. The Balaban J connectivity index is 2.29. The van der Waals surface area contributed by atoms with Gasteiger partial charge in [-0.3, -0.25) is 0 Å². The molecule has 0 aliphatic rings. The SMILES string of the molecule is N#Cc1c(-c2ccc(F)cc2)[nH]c2ccccc12. The number of hydrogen-bond donors (Lipinski definition) is 1. The Morgan fingerprint density at radius 3 is 2.44 bits per heavy atom. The van der Waals surface area contributed by atoms with E-state index in [9.17, 15) is 9.65 Å². The van der Waals surface area contributed by atoms with Crippen LogP contribution in [0.15, 0.2) is 48.5 Å². The summed E-state index contributed by atoms with van der Waals surface area (Å²) in [5.74, 6) is -0.284. The molecule has 1 N–H and O–H groups in total. The fourth-order valence-corrected chi connectivity index (χ4v) is 2.09. The maximum absolute atomic E-state index is 12.9. The van der Waals surface area contributed by atoms with Crippen molar-refractivity contribution < 1.29 is 4.39 Å². The largest absolute Gasteiger partial charge is 0.353 e. The molecule has 0 aliphatic heterocycles. The van der Waals surface area contributed by atoms with Gasteiger partial charge in [0.05, 0.1) is 11.3 Å². The topological polar surface area (TPSA) is 39.6 Å². The van der Waals surface area contributed by atoms with Crippen LogP contribution in [0, 0.1) is 17.1 Å². The molecule has 0 unspecified atom stereocenters. The number of nitriles is 1. The fourth-order valence-electron chi connectivity index (χ4n) is 2.09. The van der Waals surface area contributed by atoms with Crippen LogP contribution in [-0.4, -0.2) is 4.98 Å². The Kier molecular flexibility index (Phi) is 2.35. The first kappa shape index (κ1) is 10.5. The Morgan fingerprint density at radius 2 is 1.72 bits per heavy atom. The summed E-state index contributed by atoms with van der Waals surface area (Å²) in [6.07, 6.45) is 0. The van der Waals surface area contributed by atoms with Gasteiger partial charge in [-0.2, -0.15) is 5.26 Å². The summed E-state index contributed by atoms with van der Waals surface area (Å²) < 4.78 is 12.9. The molecule has 1 heterocycles. The number of aromatic nitrogens is 1. The number of benzene rings is 2. The Hall–Kier alpha value is -2.60. The lowest BCUT2D eigenvalue weighted by atomic mass is 10.1. The highest BCUT2D eigenvalue weighted by molar-refractivity contribution is 5.93. The van der Waals surface area contributed by atoms with Crippen molar-refractivity contribution >= 4 is 10.9 Å². The van der Waals surface area contributed by atoms with Gasteiger partial charge >= 0.3 is 0 Å². The number of aromatic amines is 1. The van der Waals surface area contributed by atoms with E-state index in [1.54, 1.807) is 12.1 Å². The van der Waals surface area contributed by atoms with Crippen molar-refractivity contribution in [2.45, 2.75) is 0 Å². The van der Waals surface area contributed by atoms with Crippen LogP contribution in [0.3, 0.4) is 0 Å². The first-order valence-corrected chi connectivity index (χ1v) is 5.56. The van der Waals surface area contributed by atoms with Crippen LogP contribution in [0.2, 0.25) is 0 Å². The van der Waals surface area contributed by atoms with Gasteiger partial charge in [0, 0.05) is 10.9 Å². The minimum atomic E-state index is -0.284. The van der Waals surface area contributed by atoms with E-state index < -0.39 is 0 Å². The van der Waals surface area contributed by atoms with Gasteiger partial charge in [0.1, 0.15) is 11.9 Å². The van der Waals surface area contributed by atoms with Crippen LogP contribution in [0.25, 0.3) is 22.2 Å². The number of nitrogens with one attached hydrogen (secondary N) is 1. The maximum atomic E-state index is 12.9. The molecule has 0 fully saturated rings. The number of rotatable bonds is 1. The number of halogens is 1. The highest BCUT2D eigenvalue weighted by atomic mass is 19.1. The third-order valence-electron chi connectivity index (χ3n) is 2.95. The van der Waals surface area contributed by atoms with Crippen molar-refractivity contribution in [1.29, 1.82) is 5.26 Å². The minimum Gasteiger partial charge on any atom is -0.353 e. The van der Waals surface area contributed by atoms with Crippen LogP contribution < -0.4 is 0 Å². The minimum absolute atomic E-state index is 0.284. The molecule has 3 heteroatoms.